The minimum Gasteiger partial charge on any atom is -0.316 e. The third-order valence-corrected chi connectivity index (χ3v) is 4.54. The van der Waals surface area contributed by atoms with E-state index in [4.69, 9.17) is 0 Å². The highest BCUT2D eigenvalue weighted by Crippen LogP contribution is 2.40. The number of nitrogens with one attached hydrogen (secondary N) is 1. The number of aryl methyl sites for hydroxylation is 1. The maximum absolute atomic E-state index is 4.41. The summed E-state index contributed by atoms with van der Waals surface area (Å²) in [4.78, 5) is 4.41. The number of pyridine rings is 1. The van der Waals surface area contributed by atoms with Crippen molar-refractivity contribution in [3.63, 3.8) is 0 Å². The first kappa shape index (κ1) is 15.5. The van der Waals surface area contributed by atoms with Crippen molar-refractivity contribution >= 4 is 0 Å². The highest BCUT2D eigenvalue weighted by atomic mass is 14.9. The zero-order chi connectivity index (χ0) is 14.5. The van der Waals surface area contributed by atoms with Crippen LogP contribution in [-0.2, 0) is 0 Å². The lowest BCUT2D eigenvalue weighted by atomic mass is 9.71. The molecule has 1 heterocycles. The molecule has 2 heteroatoms. The van der Waals surface area contributed by atoms with Gasteiger partial charge in [0.25, 0.3) is 0 Å². The molecule has 3 unspecified atom stereocenters. The van der Waals surface area contributed by atoms with Crippen molar-refractivity contribution in [2.75, 3.05) is 13.1 Å². The predicted octanol–water partition coefficient (Wildman–Crippen LogP) is 4.16. The summed E-state index contributed by atoms with van der Waals surface area (Å²) in [7, 11) is 0. The van der Waals surface area contributed by atoms with Gasteiger partial charge in [-0.1, -0.05) is 33.3 Å². The average Bonchev–Trinajstić information content (AvgIpc) is 2.40. The summed E-state index contributed by atoms with van der Waals surface area (Å²) < 4.78 is 0. The summed E-state index contributed by atoms with van der Waals surface area (Å²) in [6.07, 6.45) is 8.10. The van der Waals surface area contributed by atoms with Gasteiger partial charge in [-0.15, -0.1) is 0 Å². The van der Waals surface area contributed by atoms with E-state index < -0.39 is 0 Å². The van der Waals surface area contributed by atoms with Crippen LogP contribution >= 0.6 is 0 Å². The summed E-state index contributed by atoms with van der Waals surface area (Å²) in [5.41, 5.74) is 2.74. The second kappa shape index (κ2) is 7.21. The summed E-state index contributed by atoms with van der Waals surface area (Å²) in [5.74, 6) is 3.04. The first-order valence-electron chi connectivity index (χ1n) is 8.18. The van der Waals surface area contributed by atoms with Crippen LogP contribution in [0, 0.1) is 24.7 Å². The molecule has 1 aliphatic rings. The molecule has 0 bridgehead atoms. The smallest absolute Gasteiger partial charge is 0.0303 e. The molecule has 1 saturated carbocycles. The lowest BCUT2D eigenvalue weighted by Gasteiger charge is -2.35. The largest absolute Gasteiger partial charge is 0.316 e. The van der Waals surface area contributed by atoms with Crippen LogP contribution in [0.3, 0.4) is 0 Å². The van der Waals surface area contributed by atoms with Crippen molar-refractivity contribution in [2.45, 2.75) is 52.9 Å². The van der Waals surface area contributed by atoms with Crippen molar-refractivity contribution in [3.8, 4) is 0 Å². The summed E-state index contributed by atoms with van der Waals surface area (Å²) in [5, 5.41) is 3.66. The molecule has 0 radical (unpaired) electrons. The second-order valence-corrected chi connectivity index (χ2v) is 7.13. The molecule has 0 aromatic carbocycles. The molecule has 1 aliphatic carbocycles. The van der Waals surface area contributed by atoms with Crippen molar-refractivity contribution in [2.24, 2.45) is 17.8 Å². The molecule has 1 N–H and O–H groups in total. The molecule has 0 spiro atoms. The van der Waals surface area contributed by atoms with Gasteiger partial charge in [-0.2, -0.15) is 0 Å². The van der Waals surface area contributed by atoms with Crippen LogP contribution in [0.5, 0.6) is 0 Å². The van der Waals surface area contributed by atoms with E-state index in [9.17, 15) is 0 Å². The normalized spacial score (nSPS) is 26.9. The molecule has 0 saturated heterocycles. The number of hydrogen-bond acceptors (Lipinski definition) is 2. The molecular weight excluding hydrogens is 244 g/mol. The molecule has 3 atom stereocenters. The standard InChI is InChI=1S/C18H30N2/c1-13(2)9-19-11-16-6-5-14(3)8-18(16)17-7-15(4)10-20-12-17/h7,10,12-14,16,18-19H,5-6,8-9,11H2,1-4H3. The van der Waals surface area contributed by atoms with Gasteiger partial charge >= 0.3 is 0 Å². The minimum absolute atomic E-state index is 0.686. The van der Waals surface area contributed by atoms with E-state index in [1.54, 1.807) is 0 Å². The van der Waals surface area contributed by atoms with Crippen LogP contribution in [0.1, 0.15) is 57.1 Å². The van der Waals surface area contributed by atoms with Crippen LogP contribution < -0.4 is 5.32 Å². The molecule has 2 nitrogen and oxygen atoms in total. The fourth-order valence-electron chi connectivity index (χ4n) is 3.43. The van der Waals surface area contributed by atoms with E-state index in [2.05, 4.69) is 50.3 Å². The Hall–Kier alpha value is -0.890. The Balaban J connectivity index is 2.04. The Kier molecular flexibility index (Phi) is 5.59. The van der Waals surface area contributed by atoms with Gasteiger partial charge < -0.3 is 5.32 Å². The topological polar surface area (TPSA) is 24.9 Å². The van der Waals surface area contributed by atoms with Crippen molar-refractivity contribution in [3.05, 3.63) is 29.6 Å². The Morgan fingerprint density at radius 3 is 2.80 bits per heavy atom. The third kappa shape index (κ3) is 4.31. The van der Waals surface area contributed by atoms with Gasteiger partial charge in [0.2, 0.25) is 0 Å². The van der Waals surface area contributed by atoms with Gasteiger partial charge in [-0.3, -0.25) is 4.98 Å². The van der Waals surface area contributed by atoms with E-state index in [0.29, 0.717) is 5.92 Å². The number of rotatable bonds is 5. The van der Waals surface area contributed by atoms with Gasteiger partial charge in [0.1, 0.15) is 0 Å². The van der Waals surface area contributed by atoms with Crippen LogP contribution in [-0.4, -0.2) is 18.1 Å². The molecule has 1 aromatic heterocycles. The van der Waals surface area contributed by atoms with E-state index in [-0.39, 0.29) is 0 Å². The first-order valence-corrected chi connectivity index (χ1v) is 8.18. The van der Waals surface area contributed by atoms with Crippen LogP contribution in [0.25, 0.3) is 0 Å². The van der Waals surface area contributed by atoms with Crippen molar-refractivity contribution in [1.29, 1.82) is 0 Å². The second-order valence-electron chi connectivity index (χ2n) is 7.13. The monoisotopic (exact) mass is 274 g/mol. The Labute approximate surface area is 124 Å². The SMILES string of the molecule is Cc1cncc(C2CC(C)CCC2CNCC(C)C)c1. The van der Waals surface area contributed by atoms with Crippen molar-refractivity contribution in [1.82, 2.24) is 10.3 Å². The maximum atomic E-state index is 4.41. The summed E-state index contributed by atoms with van der Waals surface area (Å²) in [6.45, 7) is 11.4. The fraction of sp³-hybridized carbons (Fsp3) is 0.722. The van der Waals surface area contributed by atoms with Gasteiger partial charge in [-0.05, 0) is 67.7 Å². The zero-order valence-electron chi connectivity index (χ0n) is 13.5. The van der Waals surface area contributed by atoms with Gasteiger partial charge in [-0.25, -0.2) is 0 Å². The van der Waals surface area contributed by atoms with Gasteiger partial charge in [0.05, 0.1) is 0 Å². The minimum atomic E-state index is 0.686. The Morgan fingerprint density at radius 2 is 2.10 bits per heavy atom. The summed E-state index contributed by atoms with van der Waals surface area (Å²) in [6, 6.07) is 2.34. The molecule has 20 heavy (non-hydrogen) atoms. The molecule has 2 rings (SSSR count). The van der Waals surface area contributed by atoms with E-state index in [1.165, 1.54) is 30.4 Å². The predicted molar refractivity (Wildman–Crippen MR) is 85.9 cm³/mol. The Bertz CT molecular complexity index is 414. The summed E-state index contributed by atoms with van der Waals surface area (Å²) >= 11 is 0. The van der Waals surface area contributed by atoms with Gasteiger partial charge in [0, 0.05) is 12.4 Å². The van der Waals surface area contributed by atoms with Crippen LogP contribution in [0.2, 0.25) is 0 Å². The average molecular weight is 274 g/mol. The highest BCUT2D eigenvalue weighted by Gasteiger charge is 2.29. The zero-order valence-corrected chi connectivity index (χ0v) is 13.5. The highest BCUT2D eigenvalue weighted by molar-refractivity contribution is 5.22. The molecular formula is C18H30N2. The molecule has 112 valence electrons. The van der Waals surface area contributed by atoms with E-state index in [1.807, 2.05) is 6.20 Å². The number of hydrogen-bond donors (Lipinski definition) is 1. The van der Waals surface area contributed by atoms with Crippen molar-refractivity contribution < 1.29 is 0 Å². The van der Waals surface area contributed by atoms with Crippen LogP contribution in [0.4, 0.5) is 0 Å². The molecule has 1 fully saturated rings. The van der Waals surface area contributed by atoms with E-state index >= 15 is 0 Å². The Morgan fingerprint density at radius 1 is 1.30 bits per heavy atom. The lowest BCUT2D eigenvalue weighted by molar-refractivity contribution is 0.239. The lowest BCUT2D eigenvalue weighted by Crippen LogP contribution is -2.33. The fourth-order valence-corrected chi connectivity index (χ4v) is 3.43. The van der Waals surface area contributed by atoms with E-state index in [0.717, 1.165) is 30.8 Å². The number of aromatic nitrogens is 1. The first-order chi connectivity index (χ1) is 9.56. The number of nitrogens with zero attached hydrogens (tertiary/aromatic N) is 1. The molecule has 0 aliphatic heterocycles. The quantitative estimate of drug-likeness (QED) is 0.872. The molecule has 1 aromatic rings. The van der Waals surface area contributed by atoms with Crippen LogP contribution in [0.15, 0.2) is 18.5 Å². The van der Waals surface area contributed by atoms with Gasteiger partial charge in [0.15, 0.2) is 0 Å². The molecule has 0 amide bonds. The maximum Gasteiger partial charge on any atom is 0.0303 e. The third-order valence-electron chi connectivity index (χ3n) is 4.54.